The van der Waals surface area contributed by atoms with Gasteiger partial charge in [-0.1, -0.05) is 23.9 Å². The fourth-order valence-electron chi connectivity index (χ4n) is 2.90. The number of nitriles is 2. The minimum Gasteiger partial charge on any atom is -0.467 e. The van der Waals surface area contributed by atoms with E-state index in [1.165, 1.54) is 15.7 Å². The summed E-state index contributed by atoms with van der Waals surface area (Å²) in [6, 6.07) is 14.6. The number of hydrogen-bond acceptors (Lipinski definition) is 7. The van der Waals surface area contributed by atoms with Gasteiger partial charge in [-0.3, -0.25) is 14.2 Å². The van der Waals surface area contributed by atoms with Gasteiger partial charge in [0.05, 0.1) is 54.4 Å². The van der Waals surface area contributed by atoms with Crippen LogP contribution in [0.15, 0.2) is 57.0 Å². The SMILES string of the molecule is N#CCCN(CCC#N)C(=O)CSc1nc2ccccc2c(=O)n1Cc1ccco1. The number of amides is 1. The molecule has 0 bridgehead atoms. The number of hydrogen-bond donors (Lipinski definition) is 0. The van der Waals surface area contributed by atoms with Gasteiger partial charge in [0, 0.05) is 13.1 Å². The summed E-state index contributed by atoms with van der Waals surface area (Å²) >= 11 is 1.15. The van der Waals surface area contributed by atoms with Gasteiger partial charge >= 0.3 is 0 Å². The van der Waals surface area contributed by atoms with E-state index >= 15 is 0 Å². The van der Waals surface area contributed by atoms with Crippen molar-refractivity contribution in [3.63, 3.8) is 0 Å². The summed E-state index contributed by atoms with van der Waals surface area (Å²) in [5.74, 6) is 0.434. The molecule has 2 aromatic heterocycles. The Balaban J connectivity index is 1.86. The second-order valence-electron chi connectivity index (χ2n) is 6.37. The molecule has 0 aliphatic rings. The van der Waals surface area contributed by atoms with Crippen molar-refractivity contribution in [3.05, 3.63) is 58.8 Å². The minimum atomic E-state index is -0.211. The maximum Gasteiger partial charge on any atom is 0.262 e. The van der Waals surface area contributed by atoms with Crippen LogP contribution in [0.2, 0.25) is 0 Å². The first-order valence-electron chi connectivity index (χ1n) is 9.30. The van der Waals surface area contributed by atoms with E-state index in [4.69, 9.17) is 14.9 Å². The maximum absolute atomic E-state index is 13.0. The topological polar surface area (TPSA) is 116 Å². The summed E-state index contributed by atoms with van der Waals surface area (Å²) in [4.78, 5) is 31.8. The zero-order valence-electron chi connectivity index (χ0n) is 16.2. The quantitative estimate of drug-likeness (QED) is 0.385. The predicted octanol–water partition coefficient (Wildman–Crippen LogP) is 2.79. The Morgan fingerprint density at radius 3 is 2.53 bits per heavy atom. The second kappa shape index (κ2) is 10.3. The fourth-order valence-corrected chi connectivity index (χ4v) is 3.81. The lowest BCUT2D eigenvalue weighted by atomic mass is 10.2. The zero-order chi connectivity index (χ0) is 21.3. The fraction of sp³-hybridized carbons (Fsp3) is 0.286. The Kier molecular flexibility index (Phi) is 7.25. The zero-order valence-corrected chi connectivity index (χ0v) is 17.0. The molecule has 8 nitrogen and oxygen atoms in total. The molecule has 2 heterocycles. The summed E-state index contributed by atoms with van der Waals surface area (Å²) in [7, 11) is 0. The molecule has 0 spiro atoms. The molecule has 9 heteroatoms. The number of nitrogens with zero attached hydrogens (tertiary/aromatic N) is 5. The average Bonchev–Trinajstić information content (AvgIpc) is 3.28. The number of furan rings is 1. The maximum atomic E-state index is 13.0. The van der Waals surface area contributed by atoms with Crippen molar-refractivity contribution in [3.8, 4) is 12.1 Å². The summed E-state index contributed by atoms with van der Waals surface area (Å²) in [5, 5.41) is 18.5. The van der Waals surface area contributed by atoms with Crippen molar-refractivity contribution in [1.29, 1.82) is 10.5 Å². The van der Waals surface area contributed by atoms with E-state index in [1.807, 2.05) is 12.1 Å². The minimum absolute atomic E-state index is 0.0415. The molecule has 0 unspecified atom stereocenters. The van der Waals surface area contributed by atoms with Crippen LogP contribution in [0.5, 0.6) is 0 Å². The van der Waals surface area contributed by atoms with E-state index in [9.17, 15) is 9.59 Å². The molecule has 0 aliphatic carbocycles. The molecule has 1 aromatic carbocycles. The molecule has 0 N–H and O–H groups in total. The van der Waals surface area contributed by atoms with Gasteiger partial charge in [0.2, 0.25) is 5.91 Å². The second-order valence-corrected chi connectivity index (χ2v) is 7.31. The van der Waals surface area contributed by atoms with Crippen molar-refractivity contribution < 1.29 is 9.21 Å². The van der Waals surface area contributed by atoms with Crippen LogP contribution in [0, 0.1) is 22.7 Å². The molecule has 3 rings (SSSR count). The van der Waals surface area contributed by atoms with Crippen molar-refractivity contribution in [2.24, 2.45) is 0 Å². The number of aromatic nitrogens is 2. The van der Waals surface area contributed by atoms with Gasteiger partial charge in [-0.15, -0.1) is 0 Å². The molecule has 0 saturated heterocycles. The number of carbonyl (C=O) groups excluding carboxylic acids is 1. The highest BCUT2D eigenvalue weighted by atomic mass is 32.2. The summed E-state index contributed by atoms with van der Waals surface area (Å²) in [6.07, 6.45) is 1.92. The largest absolute Gasteiger partial charge is 0.467 e. The Hall–Kier alpha value is -3.56. The van der Waals surface area contributed by atoms with Crippen molar-refractivity contribution in [2.45, 2.75) is 24.5 Å². The van der Waals surface area contributed by atoms with E-state index in [2.05, 4.69) is 4.98 Å². The van der Waals surface area contributed by atoms with E-state index in [-0.39, 0.29) is 49.7 Å². The van der Waals surface area contributed by atoms with Crippen LogP contribution in [-0.4, -0.2) is 39.2 Å². The van der Waals surface area contributed by atoms with Crippen LogP contribution in [0.25, 0.3) is 10.9 Å². The molecule has 0 radical (unpaired) electrons. The van der Waals surface area contributed by atoms with Gasteiger partial charge < -0.3 is 9.32 Å². The van der Waals surface area contributed by atoms with E-state index < -0.39 is 0 Å². The lowest BCUT2D eigenvalue weighted by Crippen LogP contribution is -2.34. The molecular weight excluding hydrogens is 402 g/mol. The molecule has 30 heavy (non-hydrogen) atoms. The summed E-state index contributed by atoms with van der Waals surface area (Å²) < 4.78 is 6.87. The molecule has 1 amide bonds. The van der Waals surface area contributed by atoms with Gasteiger partial charge in [-0.25, -0.2) is 4.98 Å². The first-order valence-corrected chi connectivity index (χ1v) is 10.3. The Morgan fingerprint density at radius 2 is 1.87 bits per heavy atom. The van der Waals surface area contributed by atoms with Gasteiger partial charge in [0.15, 0.2) is 5.16 Å². The summed E-state index contributed by atoms with van der Waals surface area (Å²) in [6.45, 7) is 0.733. The van der Waals surface area contributed by atoms with Gasteiger partial charge in [0.25, 0.3) is 5.56 Å². The Bertz CT molecular complexity index is 1140. The molecule has 0 fully saturated rings. The van der Waals surface area contributed by atoms with E-state index in [0.29, 0.717) is 21.8 Å². The third kappa shape index (κ3) is 5.07. The monoisotopic (exact) mass is 421 g/mol. The van der Waals surface area contributed by atoms with Crippen LogP contribution in [0.4, 0.5) is 0 Å². The third-order valence-electron chi connectivity index (χ3n) is 4.39. The molecule has 152 valence electrons. The van der Waals surface area contributed by atoms with E-state index in [1.54, 1.807) is 36.4 Å². The predicted molar refractivity (Wildman–Crippen MR) is 112 cm³/mol. The number of para-hydroxylation sites is 1. The third-order valence-corrected chi connectivity index (χ3v) is 5.35. The molecule has 0 aliphatic heterocycles. The normalized spacial score (nSPS) is 10.5. The highest BCUT2D eigenvalue weighted by molar-refractivity contribution is 7.99. The highest BCUT2D eigenvalue weighted by Gasteiger charge is 2.17. The van der Waals surface area contributed by atoms with Gasteiger partial charge in [0.1, 0.15) is 5.76 Å². The van der Waals surface area contributed by atoms with Gasteiger partial charge in [-0.2, -0.15) is 10.5 Å². The Morgan fingerprint density at radius 1 is 1.13 bits per heavy atom. The van der Waals surface area contributed by atoms with Crippen molar-refractivity contribution in [2.75, 3.05) is 18.8 Å². The molecular formula is C21H19N5O3S. The van der Waals surface area contributed by atoms with Crippen LogP contribution in [0.1, 0.15) is 18.6 Å². The first kappa shape index (κ1) is 21.2. The molecule has 0 saturated carbocycles. The molecule has 3 aromatic rings. The van der Waals surface area contributed by atoms with Crippen LogP contribution in [0.3, 0.4) is 0 Å². The lowest BCUT2D eigenvalue weighted by Gasteiger charge is -2.20. The number of benzene rings is 1. The number of fused-ring (bicyclic) bond motifs is 1. The van der Waals surface area contributed by atoms with E-state index in [0.717, 1.165) is 11.8 Å². The van der Waals surface area contributed by atoms with Crippen molar-refractivity contribution in [1.82, 2.24) is 14.5 Å². The van der Waals surface area contributed by atoms with Crippen LogP contribution in [-0.2, 0) is 11.3 Å². The number of rotatable bonds is 9. The standard InChI is InChI=1S/C21H19N5O3S/c22-9-4-11-25(12-5-10-23)19(27)15-30-21-24-18-8-2-1-7-17(18)20(28)26(21)14-16-6-3-13-29-16/h1-3,6-8,13H,4-5,11-12,14-15H2. The van der Waals surface area contributed by atoms with Crippen LogP contribution < -0.4 is 5.56 Å². The lowest BCUT2D eigenvalue weighted by molar-refractivity contribution is -0.128. The smallest absolute Gasteiger partial charge is 0.262 e. The average molecular weight is 421 g/mol. The number of carbonyl (C=O) groups is 1. The van der Waals surface area contributed by atoms with Crippen molar-refractivity contribution >= 4 is 28.6 Å². The number of thioether (sulfide) groups is 1. The summed E-state index contributed by atoms with van der Waals surface area (Å²) in [5.41, 5.74) is 0.344. The van der Waals surface area contributed by atoms with Crippen LogP contribution >= 0.6 is 11.8 Å². The molecule has 0 atom stereocenters. The highest BCUT2D eigenvalue weighted by Crippen LogP contribution is 2.20. The van der Waals surface area contributed by atoms with Gasteiger partial charge in [-0.05, 0) is 24.3 Å². The first-order chi connectivity index (χ1) is 14.6. The Labute approximate surface area is 177 Å².